The molecule has 0 saturated carbocycles. The quantitative estimate of drug-likeness (QED) is 0.914. The normalized spacial score (nSPS) is 12.9. The fourth-order valence-corrected chi connectivity index (χ4v) is 2.32. The van der Waals surface area contributed by atoms with Gasteiger partial charge in [-0.15, -0.1) is 0 Å². The second-order valence-electron chi connectivity index (χ2n) is 4.58. The molecule has 1 unspecified atom stereocenters. The van der Waals surface area contributed by atoms with Gasteiger partial charge in [0.2, 0.25) is 0 Å². The topological polar surface area (TPSA) is 55.6 Å². The van der Waals surface area contributed by atoms with E-state index in [1.807, 2.05) is 10.7 Å². The van der Waals surface area contributed by atoms with Gasteiger partial charge < -0.3 is 5.32 Å². The molecule has 0 bridgehead atoms. The maximum absolute atomic E-state index is 6.31. The molecule has 6 heteroatoms. The second-order valence-corrected chi connectivity index (χ2v) is 4.99. The third-order valence-corrected chi connectivity index (χ3v) is 3.19. The molecule has 0 aliphatic carbocycles. The minimum atomic E-state index is -0.0297. The average molecular weight is 280 g/mol. The van der Waals surface area contributed by atoms with Crippen LogP contribution in [-0.4, -0.2) is 26.5 Å². The van der Waals surface area contributed by atoms with Gasteiger partial charge >= 0.3 is 0 Å². The fraction of sp³-hybridized carbons (Fsp3) is 0.462. The molecule has 5 nitrogen and oxygen atoms in total. The minimum absolute atomic E-state index is 0.0297. The van der Waals surface area contributed by atoms with Gasteiger partial charge in [-0.25, -0.2) is 0 Å². The van der Waals surface area contributed by atoms with Crippen molar-refractivity contribution < 1.29 is 0 Å². The smallest absolute Gasteiger partial charge is 0.0837 e. The average Bonchev–Trinajstić information content (AvgIpc) is 2.79. The lowest BCUT2D eigenvalue weighted by molar-refractivity contribution is 0.475. The van der Waals surface area contributed by atoms with Gasteiger partial charge in [0.1, 0.15) is 0 Å². The summed E-state index contributed by atoms with van der Waals surface area (Å²) >= 11 is 6.31. The van der Waals surface area contributed by atoms with E-state index in [1.165, 1.54) is 0 Å². The van der Waals surface area contributed by atoms with Crippen molar-refractivity contribution >= 4 is 11.6 Å². The highest BCUT2D eigenvalue weighted by molar-refractivity contribution is 6.31. The first kappa shape index (κ1) is 14.0. The van der Waals surface area contributed by atoms with Crippen LogP contribution in [-0.2, 0) is 0 Å². The van der Waals surface area contributed by atoms with Crippen LogP contribution < -0.4 is 5.32 Å². The molecule has 2 aromatic rings. The van der Waals surface area contributed by atoms with Crippen molar-refractivity contribution in [3.05, 3.63) is 40.9 Å². The number of nitrogens with zero attached hydrogens (tertiary/aromatic N) is 4. The van der Waals surface area contributed by atoms with Crippen molar-refractivity contribution in [2.75, 3.05) is 6.54 Å². The lowest BCUT2D eigenvalue weighted by Gasteiger charge is -2.21. The Labute approximate surface area is 118 Å². The molecule has 1 N–H and O–H groups in total. The summed E-state index contributed by atoms with van der Waals surface area (Å²) in [6, 6.07) is 2.16. The summed E-state index contributed by atoms with van der Waals surface area (Å²) in [7, 11) is 0. The summed E-state index contributed by atoms with van der Waals surface area (Å²) in [5.74, 6) is 0. The van der Waals surface area contributed by atoms with Gasteiger partial charge in [0.25, 0.3) is 0 Å². The molecule has 1 atom stereocenters. The minimum Gasteiger partial charge on any atom is -0.305 e. The summed E-state index contributed by atoms with van der Waals surface area (Å²) in [5.41, 5.74) is 1.99. The van der Waals surface area contributed by atoms with Crippen molar-refractivity contribution in [3.63, 3.8) is 0 Å². The van der Waals surface area contributed by atoms with E-state index in [9.17, 15) is 0 Å². The van der Waals surface area contributed by atoms with E-state index in [-0.39, 0.29) is 12.1 Å². The SMILES string of the molecule is CCNC(c1ccnnc1)c1c(Cl)cnn1C(C)C. The number of rotatable bonds is 5. The monoisotopic (exact) mass is 279 g/mol. The summed E-state index contributed by atoms with van der Waals surface area (Å²) in [5, 5.41) is 16.2. The number of hydrogen-bond donors (Lipinski definition) is 1. The van der Waals surface area contributed by atoms with Gasteiger partial charge in [-0.1, -0.05) is 18.5 Å². The molecule has 2 aromatic heterocycles. The first-order chi connectivity index (χ1) is 9.15. The van der Waals surface area contributed by atoms with Gasteiger partial charge in [-0.2, -0.15) is 15.3 Å². The highest BCUT2D eigenvalue weighted by Gasteiger charge is 2.22. The van der Waals surface area contributed by atoms with Crippen molar-refractivity contribution in [3.8, 4) is 0 Å². The first-order valence-electron chi connectivity index (χ1n) is 6.38. The first-order valence-corrected chi connectivity index (χ1v) is 6.75. The molecule has 2 rings (SSSR count). The van der Waals surface area contributed by atoms with Crippen LogP contribution in [0.4, 0.5) is 0 Å². The van der Waals surface area contributed by atoms with Gasteiger partial charge in [0, 0.05) is 12.2 Å². The van der Waals surface area contributed by atoms with E-state index in [4.69, 9.17) is 11.6 Å². The molecule has 0 radical (unpaired) electrons. The van der Waals surface area contributed by atoms with E-state index in [1.54, 1.807) is 18.6 Å². The molecule has 0 amide bonds. The molecule has 0 spiro atoms. The standard InChI is InChI=1S/C13H18ClN5/c1-4-15-12(10-5-6-16-17-7-10)13-11(14)8-18-19(13)9(2)3/h5-9,12,15H,4H2,1-3H3. The van der Waals surface area contributed by atoms with Crippen molar-refractivity contribution in [1.82, 2.24) is 25.3 Å². The Morgan fingerprint density at radius 3 is 2.68 bits per heavy atom. The number of hydrogen-bond acceptors (Lipinski definition) is 4. The predicted octanol–water partition coefficient (Wildman–Crippen LogP) is 2.61. The number of nitrogens with one attached hydrogen (secondary N) is 1. The van der Waals surface area contributed by atoms with Crippen LogP contribution in [0, 0.1) is 0 Å². The Morgan fingerprint density at radius 2 is 2.11 bits per heavy atom. The van der Waals surface area contributed by atoms with E-state index in [2.05, 4.69) is 41.4 Å². The van der Waals surface area contributed by atoms with Crippen LogP contribution in [0.1, 0.15) is 44.1 Å². The Morgan fingerprint density at radius 1 is 1.32 bits per heavy atom. The van der Waals surface area contributed by atoms with E-state index >= 15 is 0 Å². The van der Waals surface area contributed by atoms with E-state index < -0.39 is 0 Å². The molecule has 0 aromatic carbocycles. The van der Waals surface area contributed by atoms with E-state index in [0.29, 0.717) is 5.02 Å². The third-order valence-electron chi connectivity index (χ3n) is 2.90. The molecular weight excluding hydrogens is 262 g/mol. The molecular formula is C13H18ClN5. The predicted molar refractivity (Wildman–Crippen MR) is 75.2 cm³/mol. The molecule has 2 heterocycles. The summed E-state index contributed by atoms with van der Waals surface area (Å²) < 4.78 is 1.94. The van der Waals surface area contributed by atoms with Gasteiger partial charge in [0.15, 0.2) is 0 Å². The number of halogens is 1. The lowest BCUT2D eigenvalue weighted by Crippen LogP contribution is -2.26. The van der Waals surface area contributed by atoms with E-state index in [0.717, 1.165) is 17.8 Å². The van der Waals surface area contributed by atoms with Crippen LogP contribution in [0.5, 0.6) is 0 Å². The maximum Gasteiger partial charge on any atom is 0.0837 e. The molecule has 0 fully saturated rings. The van der Waals surface area contributed by atoms with Crippen molar-refractivity contribution in [2.24, 2.45) is 0 Å². The zero-order chi connectivity index (χ0) is 13.8. The molecule has 102 valence electrons. The maximum atomic E-state index is 6.31. The van der Waals surface area contributed by atoms with Crippen LogP contribution in [0.3, 0.4) is 0 Å². The highest BCUT2D eigenvalue weighted by atomic mass is 35.5. The van der Waals surface area contributed by atoms with Gasteiger partial charge in [-0.3, -0.25) is 4.68 Å². The summed E-state index contributed by atoms with van der Waals surface area (Å²) in [4.78, 5) is 0. The third kappa shape index (κ3) is 2.93. The highest BCUT2D eigenvalue weighted by Crippen LogP contribution is 2.29. The Kier molecular flexibility index (Phi) is 4.50. The van der Waals surface area contributed by atoms with Crippen LogP contribution in [0.25, 0.3) is 0 Å². The Hall–Kier alpha value is -1.46. The van der Waals surface area contributed by atoms with Gasteiger partial charge in [0.05, 0.1) is 29.2 Å². The van der Waals surface area contributed by atoms with Crippen molar-refractivity contribution in [1.29, 1.82) is 0 Å². The second kappa shape index (κ2) is 6.12. The zero-order valence-corrected chi connectivity index (χ0v) is 12.1. The molecule has 19 heavy (non-hydrogen) atoms. The van der Waals surface area contributed by atoms with Gasteiger partial charge in [-0.05, 0) is 32.0 Å². The fourth-order valence-electron chi connectivity index (χ4n) is 2.08. The molecule has 0 saturated heterocycles. The van der Waals surface area contributed by atoms with Crippen molar-refractivity contribution in [2.45, 2.75) is 32.9 Å². The summed E-state index contributed by atoms with van der Waals surface area (Å²) in [6.45, 7) is 7.06. The summed E-state index contributed by atoms with van der Waals surface area (Å²) in [6.07, 6.45) is 5.13. The Balaban J connectivity index is 2.48. The zero-order valence-electron chi connectivity index (χ0n) is 11.3. The van der Waals surface area contributed by atoms with Crippen LogP contribution in [0.2, 0.25) is 5.02 Å². The number of aromatic nitrogens is 4. The Bertz CT molecular complexity index is 523. The molecule has 0 aliphatic rings. The largest absolute Gasteiger partial charge is 0.305 e. The van der Waals surface area contributed by atoms with Crippen LogP contribution >= 0.6 is 11.6 Å². The lowest BCUT2D eigenvalue weighted by atomic mass is 10.1. The van der Waals surface area contributed by atoms with Crippen LogP contribution in [0.15, 0.2) is 24.7 Å². The molecule has 0 aliphatic heterocycles.